The van der Waals surface area contributed by atoms with Crippen molar-refractivity contribution in [1.29, 1.82) is 0 Å². The smallest absolute Gasteiger partial charge is 0.161 e. The van der Waals surface area contributed by atoms with Gasteiger partial charge in [-0.2, -0.15) is 5.10 Å². The van der Waals surface area contributed by atoms with E-state index in [2.05, 4.69) is 10.5 Å². The van der Waals surface area contributed by atoms with Gasteiger partial charge >= 0.3 is 0 Å². The largest absolute Gasteiger partial charge is 0.493 e. The van der Waals surface area contributed by atoms with Crippen molar-refractivity contribution in [2.24, 2.45) is 5.84 Å². The first-order valence-electron chi connectivity index (χ1n) is 6.13. The van der Waals surface area contributed by atoms with Crippen LogP contribution in [-0.2, 0) is 6.54 Å². The molecule has 0 spiro atoms. The molecule has 6 nitrogen and oxygen atoms in total. The third-order valence-corrected chi connectivity index (χ3v) is 3.11. The lowest BCUT2D eigenvalue weighted by Crippen LogP contribution is -2.31. The number of rotatable bonds is 5. The van der Waals surface area contributed by atoms with Crippen LogP contribution in [0.2, 0.25) is 0 Å². The van der Waals surface area contributed by atoms with Gasteiger partial charge in [-0.3, -0.25) is 10.5 Å². The number of nitrogen functional groups attached to an aromatic ring is 1. The van der Waals surface area contributed by atoms with Gasteiger partial charge in [0.05, 0.1) is 19.3 Å². The summed E-state index contributed by atoms with van der Waals surface area (Å²) >= 11 is 0. The van der Waals surface area contributed by atoms with Gasteiger partial charge in [0.2, 0.25) is 0 Å². The molecule has 1 heterocycles. The maximum Gasteiger partial charge on any atom is 0.161 e. The molecule has 5 N–H and O–H groups in total. The second kappa shape index (κ2) is 5.73. The van der Waals surface area contributed by atoms with Crippen LogP contribution < -0.4 is 21.7 Å². The maximum absolute atomic E-state index is 6.02. The predicted octanol–water partition coefficient (Wildman–Crippen LogP) is 1.05. The highest BCUT2D eigenvalue weighted by Gasteiger charge is 2.23. The third-order valence-electron chi connectivity index (χ3n) is 3.11. The maximum atomic E-state index is 6.02. The number of para-hydroxylation sites is 1. The molecule has 0 aliphatic heterocycles. The van der Waals surface area contributed by atoms with Gasteiger partial charge in [-0.1, -0.05) is 18.2 Å². The quantitative estimate of drug-likeness (QED) is 0.425. The molecule has 2 rings (SSSR count). The van der Waals surface area contributed by atoms with Crippen LogP contribution in [0.5, 0.6) is 5.75 Å². The summed E-state index contributed by atoms with van der Waals surface area (Å²) in [5.41, 5.74) is 11.3. The van der Waals surface area contributed by atoms with Gasteiger partial charge in [0.1, 0.15) is 5.69 Å². The van der Waals surface area contributed by atoms with E-state index in [1.54, 1.807) is 13.3 Å². The average Bonchev–Trinajstić information content (AvgIpc) is 2.85. The lowest BCUT2D eigenvalue weighted by Gasteiger charge is -2.20. The first kappa shape index (κ1) is 13.4. The fourth-order valence-electron chi connectivity index (χ4n) is 2.17. The minimum Gasteiger partial charge on any atom is -0.493 e. The molecule has 0 saturated carbocycles. The minimum absolute atomic E-state index is 0.265. The van der Waals surface area contributed by atoms with E-state index in [9.17, 15) is 0 Å². The Hall–Kier alpha value is -2.05. The van der Waals surface area contributed by atoms with Gasteiger partial charge in [-0.05, 0) is 18.6 Å². The van der Waals surface area contributed by atoms with Gasteiger partial charge < -0.3 is 10.5 Å². The number of nitrogens with two attached hydrogens (primary N) is 2. The first-order valence-corrected chi connectivity index (χ1v) is 6.13. The molecule has 0 fully saturated rings. The molecule has 0 radical (unpaired) electrons. The molecule has 102 valence electrons. The molecule has 0 amide bonds. The van der Waals surface area contributed by atoms with Crippen molar-refractivity contribution in [2.75, 3.05) is 12.8 Å². The normalized spacial score (nSPS) is 12.4. The Kier molecular flexibility index (Phi) is 4.03. The standard InChI is InChI=1S/C13H19N5O/c1-3-18-13(11(19-2)8-16-18)12(17-15)9-6-4-5-7-10(9)14/h4-8,12,17H,3,14-15H2,1-2H3. The predicted molar refractivity (Wildman–Crippen MR) is 74.5 cm³/mol. The van der Waals surface area contributed by atoms with E-state index in [1.165, 1.54) is 0 Å². The summed E-state index contributed by atoms with van der Waals surface area (Å²) in [6.07, 6.45) is 1.68. The molecule has 1 aromatic carbocycles. The molecule has 1 atom stereocenters. The fraction of sp³-hybridized carbons (Fsp3) is 0.308. The van der Waals surface area contributed by atoms with Gasteiger partial charge in [-0.15, -0.1) is 0 Å². The lowest BCUT2D eigenvalue weighted by atomic mass is 10.0. The zero-order valence-corrected chi connectivity index (χ0v) is 11.1. The molecule has 0 bridgehead atoms. The topological polar surface area (TPSA) is 91.1 Å². The molecule has 2 aromatic rings. The third kappa shape index (κ3) is 2.40. The van der Waals surface area contributed by atoms with E-state index in [0.29, 0.717) is 11.4 Å². The molecular formula is C13H19N5O. The van der Waals surface area contributed by atoms with E-state index < -0.39 is 0 Å². The summed E-state index contributed by atoms with van der Waals surface area (Å²) in [5.74, 6) is 6.40. The Morgan fingerprint density at radius 1 is 1.42 bits per heavy atom. The van der Waals surface area contributed by atoms with E-state index >= 15 is 0 Å². The number of methoxy groups -OCH3 is 1. The van der Waals surface area contributed by atoms with E-state index in [4.69, 9.17) is 16.3 Å². The summed E-state index contributed by atoms with van der Waals surface area (Å²) in [6, 6.07) is 7.33. The molecule has 1 aromatic heterocycles. The number of hydrazine groups is 1. The molecule has 0 aliphatic rings. The number of aromatic nitrogens is 2. The molecular weight excluding hydrogens is 242 g/mol. The van der Waals surface area contributed by atoms with Gasteiger partial charge in [0, 0.05) is 12.2 Å². The van der Waals surface area contributed by atoms with Crippen molar-refractivity contribution in [1.82, 2.24) is 15.2 Å². The van der Waals surface area contributed by atoms with E-state index in [0.717, 1.165) is 17.8 Å². The number of nitrogens with one attached hydrogen (secondary N) is 1. The second-order valence-electron chi connectivity index (χ2n) is 4.14. The Bertz CT molecular complexity index is 530. The number of anilines is 1. The zero-order chi connectivity index (χ0) is 13.8. The summed E-state index contributed by atoms with van der Waals surface area (Å²) in [6.45, 7) is 2.74. The summed E-state index contributed by atoms with van der Waals surface area (Å²) < 4.78 is 7.20. The number of aryl methyl sites for hydroxylation is 1. The second-order valence-corrected chi connectivity index (χ2v) is 4.14. The monoisotopic (exact) mass is 261 g/mol. The molecule has 0 aliphatic carbocycles. The van der Waals surface area contributed by atoms with Crippen LogP contribution >= 0.6 is 0 Å². The highest BCUT2D eigenvalue weighted by molar-refractivity contribution is 5.52. The Labute approximate surface area is 112 Å². The van der Waals surface area contributed by atoms with Crippen LogP contribution in [0.25, 0.3) is 0 Å². The SMILES string of the molecule is CCn1ncc(OC)c1C(NN)c1ccccc1N. The van der Waals surface area contributed by atoms with Crippen molar-refractivity contribution >= 4 is 5.69 Å². The van der Waals surface area contributed by atoms with E-state index in [1.807, 2.05) is 35.9 Å². The highest BCUT2D eigenvalue weighted by Crippen LogP contribution is 2.32. The van der Waals surface area contributed by atoms with Crippen molar-refractivity contribution in [3.8, 4) is 5.75 Å². The molecule has 0 saturated heterocycles. The fourth-order valence-corrected chi connectivity index (χ4v) is 2.17. The van der Waals surface area contributed by atoms with Crippen molar-refractivity contribution in [3.63, 3.8) is 0 Å². The van der Waals surface area contributed by atoms with Crippen molar-refractivity contribution in [3.05, 3.63) is 41.7 Å². The van der Waals surface area contributed by atoms with Crippen LogP contribution in [0, 0.1) is 0 Å². The van der Waals surface area contributed by atoms with Gasteiger partial charge in [0.15, 0.2) is 5.75 Å². The molecule has 19 heavy (non-hydrogen) atoms. The average molecular weight is 261 g/mol. The number of benzene rings is 1. The number of hydrogen-bond donors (Lipinski definition) is 3. The molecule has 6 heteroatoms. The van der Waals surface area contributed by atoms with Gasteiger partial charge in [-0.25, -0.2) is 5.43 Å². The van der Waals surface area contributed by atoms with Crippen LogP contribution in [0.4, 0.5) is 5.69 Å². The van der Waals surface area contributed by atoms with Gasteiger partial charge in [0.25, 0.3) is 0 Å². The number of ether oxygens (including phenoxy) is 1. The van der Waals surface area contributed by atoms with Crippen LogP contribution in [0.1, 0.15) is 24.2 Å². The minimum atomic E-state index is -0.265. The number of nitrogens with zero attached hydrogens (tertiary/aromatic N) is 2. The lowest BCUT2D eigenvalue weighted by molar-refractivity contribution is 0.399. The summed E-state index contributed by atoms with van der Waals surface area (Å²) in [7, 11) is 1.61. The van der Waals surface area contributed by atoms with Crippen molar-refractivity contribution < 1.29 is 4.74 Å². The van der Waals surface area contributed by atoms with Crippen molar-refractivity contribution in [2.45, 2.75) is 19.5 Å². The van der Waals surface area contributed by atoms with E-state index in [-0.39, 0.29) is 6.04 Å². The Morgan fingerprint density at radius 2 is 2.16 bits per heavy atom. The first-order chi connectivity index (χ1) is 9.22. The van der Waals surface area contributed by atoms with Crippen LogP contribution in [0.3, 0.4) is 0 Å². The summed E-state index contributed by atoms with van der Waals surface area (Å²) in [4.78, 5) is 0. The highest BCUT2D eigenvalue weighted by atomic mass is 16.5. The van der Waals surface area contributed by atoms with Crippen LogP contribution in [0.15, 0.2) is 30.5 Å². The molecule has 1 unspecified atom stereocenters. The Morgan fingerprint density at radius 3 is 2.74 bits per heavy atom. The number of hydrogen-bond acceptors (Lipinski definition) is 5. The Balaban J connectivity index is 2.54. The van der Waals surface area contributed by atoms with Crippen LogP contribution in [-0.4, -0.2) is 16.9 Å². The summed E-state index contributed by atoms with van der Waals surface area (Å²) in [5, 5.41) is 4.28. The zero-order valence-electron chi connectivity index (χ0n) is 11.1.